The Balaban J connectivity index is 1.71. The summed E-state index contributed by atoms with van der Waals surface area (Å²) in [6.45, 7) is 4.65. The molecular formula is C21H33F. The predicted molar refractivity (Wildman–Crippen MR) is 93.6 cm³/mol. The maximum absolute atomic E-state index is 13.0. The number of unbranched alkanes of at least 4 members (excludes halogenated alkanes) is 1. The van der Waals surface area contributed by atoms with E-state index in [-0.39, 0.29) is 5.82 Å². The van der Waals surface area contributed by atoms with Crippen molar-refractivity contribution in [2.24, 2.45) is 11.8 Å². The minimum atomic E-state index is -0.116. The molecule has 1 aromatic rings. The summed E-state index contributed by atoms with van der Waals surface area (Å²) >= 11 is 0. The molecule has 1 aliphatic carbocycles. The highest BCUT2D eigenvalue weighted by Crippen LogP contribution is 2.38. The van der Waals surface area contributed by atoms with Crippen LogP contribution in [0.4, 0.5) is 4.39 Å². The lowest BCUT2D eigenvalue weighted by molar-refractivity contribution is 0.278. The molecule has 124 valence electrons. The molecule has 1 atom stereocenters. The Kier molecular flexibility index (Phi) is 7.42. The number of hydrogen-bond donors (Lipinski definition) is 0. The predicted octanol–water partition coefficient (Wildman–Crippen LogP) is 7.10. The highest BCUT2D eigenvalue weighted by atomic mass is 19.1. The lowest BCUT2D eigenvalue weighted by atomic mass is 9.76. The molecule has 1 unspecified atom stereocenters. The fourth-order valence-electron chi connectivity index (χ4n) is 4.04. The van der Waals surface area contributed by atoms with Gasteiger partial charge in [0.15, 0.2) is 0 Å². The van der Waals surface area contributed by atoms with Gasteiger partial charge in [-0.15, -0.1) is 0 Å². The first-order valence-electron chi connectivity index (χ1n) is 9.48. The summed E-state index contributed by atoms with van der Waals surface area (Å²) in [7, 11) is 0. The third-order valence-corrected chi connectivity index (χ3v) is 5.71. The van der Waals surface area contributed by atoms with Crippen molar-refractivity contribution < 1.29 is 4.39 Å². The molecule has 0 radical (unpaired) electrons. The Labute approximate surface area is 136 Å². The summed E-state index contributed by atoms with van der Waals surface area (Å²) < 4.78 is 13.0. The molecule has 1 heteroatoms. The van der Waals surface area contributed by atoms with Crippen molar-refractivity contribution in [2.45, 2.75) is 84.0 Å². The summed E-state index contributed by atoms with van der Waals surface area (Å²) in [5.41, 5.74) is 1.34. The van der Waals surface area contributed by atoms with Crippen LogP contribution in [0.15, 0.2) is 24.3 Å². The van der Waals surface area contributed by atoms with Gasteiger partial charge in [-0.25, -0.2) is 4.39 Å². The summed E-state index contributed by atoms with van der Waals surface area (Å²) in [4.78, 5) is 0. The molecule has 0 aliphatic heterocycles. The SMILES string of the molecule is CCCCC(CC)CCC1CCC(c2ccc(F)cc2)CC1. The van der Waals surface area contributed by atoms with E-state index in [2.05, 4.69) is 13.8 Å². The average molecular weight is 304 g/mol. The van der Waals surface area contributed by atoms with Crippen LogP contribution in [0, 0.1) is 17.7 Å². The van der Waals surface area contributed by atoms with Gasteiger partial charge in [0.25, 0.3) is 0 Å². The van der Waals surface area contributed by atoms with E-state index in [1.807, 2.05) is 12.1 Å². The number of hydrogen-bond acceptors (Lipinski definition) is 0. The van der Waals surface area contributed by atoms with E-state index < -0.39 is 0 Å². The Hall–Kier alpha value is -0.850. The van der Waals surface area contributed by atoms with Crippen LogP contribution < -0.4 is 0 Å². The third-order valence-electron chi connectivity index (χ3n) is 5.71. The Morgan fingerprint density at radius 3 is 2.27 bits per heavy atom. The van der Waals surface area contributed by atoms with Gasteiger partial charge in [0.05, 0.1) is 0 Å². The second-order valence-electron chi connectivity index (χ2n) is 7.26. The molecule has 22 heavy (non-hydrogen) atoms. The van der Waals surface area contributed by atoms with E-state index in [9.17, 15) is 4.39 Å². The van der Waals surface area contributed by atoms with Crippen LogP contribution in [-0.2, 0) is 0 Å². The molecule has 1 fully saturated rings. The van der Waals surface area contributed by atoms with E-state index in [4.69, 9.17) is 0 Å². The first-order valence-corrected chi connectivity index (χ1v) is 9.48. The summed E-state index contributed by atoms with van der Waals surface area (Å²) in [5, 5.41) is 0. The first-order chi connectivity index (χ1) is 10.7. The molecule has 0 N–H and O–H groups in total. The molecule has 0 amide bonds. The first kappa shape index (κ1) is 17.5. The second kappa shape index (κ2) is 9.33. The van der Waals surface area contributed by atoms with E-state index in [0.29, 0.717) is 5.92 Å². The van der Waals surface area contributed by atoms with Crippen molar-refractivity contribution >= 4 is 0 Å². The smallest absolute Gasteiger partial charge is 0.123 e. The van der Waals surface area contributed by atoms with Gasteiger partial charge in [0.1, 0.15) is 5.82 Å². The van der Waals surface area contributed by atoms with Gasteiger partial charge < -0.3 is 0 Å². The maximum Gasteiger partial charge on any atom is 0.123 e. The van der Waals surface area contributed by atoms with Crippen LogP contribution in [-0.4, -0.2) is 0 Å². The zero-order valence-electron chi connectivity index (χ0n) is 14.5. The van der Waals surface area contributed by atoms with Gasteiger partial charge in [-0.3, -0.25) is 0 Å². The largest absolute Gasteiger partial charge is 0.207 e. The molecule has 0 nitrogen and oxygen atoms in total. The molecule has 0 heterocycles. The van der Waals surface area contributed by atoms with Crippen LogP contribution in [0.3, 0.4) is 0 Å². The minimum Gasteiger partial charge on any atom is -0.207 e. The molecule has 1 aromatic carbocycles. The van der Waals surface area contributed by atoms with E-state index in [1.165, 1.54) is 69.8 Å². The molecular weight excluding hydrogens is 271 g/mol. The average Bonchev–Trinajstić information content (AvgIpc) is 2.56. The highest BCUT2D eigenvalue weighted by molar-refractivity contribution is 5.20. The van der Waals surface area contributed by atoms with Crippen molar-refractivity contribution in [1.29, 1.82) is 0 Å². The van der Waals surface area contributed by atoms with Gasteiger partial charge >= 0.3 is 0 Å². The Morgan fingerprint density at radius 2 is 1.68 bits per heavy atom. The Bertz CT molecular complexity index is 400. The highest BCUT2D eigenvalue weighted by Gasteiger charge is 2.22. The van der Waals surface area contributed by atoms with Crippen LogP contribution in [0.25, 0.3) is 0 Å². The van der Waals surface area contributed by atoms with Gasteiger partial charge in [-0.1, -0.05) is 64.5 Å². The fraction of sp³-hybridized carbons (Fsp3) is 0.714. The number of rotatable bonds is 8. The Morgan fingerprint density at radius 1 is 1.00 bits per heavy atom. The number of benzene rings is 1. The monoisotopic (exact) mass is 304 g/mol. The standard InChI is InChI=1S/C21H33F/c1-3-5-6-17(4-2)7-8-18-9-11-19(12-10-18)20-13-15-21(22)16-14-20/h13-19H,3-12H2,1-2H3. The van der Waals surface area contributed by atoms with Gasteiger partial charge in [-0.2, -0.15) is 0 Å². The van der Waals surface area contributed by atoms with E-state index in [1.54, 1.807) is 12.1 Å². The second-order valence-corrected chi connectivity index (χ2v) is 7.26. The normalized spacial score (nSPS) is 23.4. The maximum atomic E-state index is 13.0. The zero-order chi connectivity index (χ0) is 15.8. The summed E-state index contributed by atoms with van der Waals surface area (Å²) in [6.07, 6.45) is 13.7. The summed E-state index contributed by atoms with van der Waals surface area (Å²) in [6, 6.07) is 7.19. The van der Waals surface area contributed by atoms with Crippen molar-refractivity contribution in [2.75, 3.05) is 0 Å². The van der Waals surface area contributed by atoms with Crippen LogP contribution in [0.1, 0.15) is 89.5 Å². The minimum absolute atomic E-state index is 0.116. The lowest BCUT2D eigenvalue weighted by Gasteiger charge is -2.29. The van der Waals surface area contributed by atoms with Crippen LogP contribution in [0.5, 0.6) is 0 Å². The summed E-state index contributed by atoms with van der Waals surface area (Å²) in [5.74, 6) is 2.44. The molecule has 0 spiro atoms. The van der Waals surface area contributed by atoms with Gasteiger partial charge in [0.2, 0.25) is 0 Å². The van der Waals surface area contributed by atoms with E-state index >= 15 is 0 Å². The molecule has 1 aliphatic rings. The van der Waals surface area contributed by atoms with Crippen molar-refractivity contribution in [3.63, 3.8) is 0 Å². The topological polar surface area (TPSA) is 0 Å². The molecule has 2 rings (SSSR count). The molecule has 0 saturated heterocycles. The quantitative estimate of drug-likeness (QED) is 0.480. The molecule has 0 bridgehead atoms. The third kappa shape index (κ3) is 5.41. The lowest BCUT2D eigenvalue weighted by Crippen LogP contribution is -2.14. The van der Waals surface area contributed by atoms with Crippen molar-refractivity contribution in [3.05, 3.63) is 35.6 Å². The molecule has 1 saturated carbocycles. The van der Waals surface area contributed by atoms with Crippen molar-refractivity contribution in [1.82, 2.24) is 0 Å². The molecule has 0 aromatic heterocycles. The van der Waals surface area contributed by atoms with Gasteiger partial charge in [0, 0.05) is 0 Å². The fourth-order valence-corrected chi connectivity index (χ4v) is 4.04. The van der Waals surface area contributed by atoms with Crippen LogP contribution in [0.2, 0.25) is 0 Å². The van der Waals surface area contributed by atoms with E-state index in [0.717, 1.165) is 11.8 Å². The van der Waals surface area contributed by atoms with Crippen molar-refractivity contribution in [3.8, 4) is 0 Å². The van der Waals surface area contributed by atoms with Crippen LogP contribution >= 0.6 is 0 Å². The van der Waals surface area contributed by atoms with Gasteiger partial charge in [-0.05, 0) is 61.1 Å². The number of halogens is 1. The zero-order valence-corrected chi connectivity index (χ0v) is 14.5.